The maximum absolute atomic E-state index is 12.5. The van der Waals surface area contributed by atoms with E-state index in [4.69, 9.17) is 0 Å². The van der Waals surface area contributed by atoms with Crippen LogP contribution in [0.15, 0.2) is 23.3 Å². The fourth-order valence-corrected chi connectivity index (χ4v) is 0.879. The first-order valence-electron chi connectivity index (χ1n) is 3.21. The lowest BCUT2D eigenvalue weighted by molar-refractivity contribution is 0.216. The van der Waals surface area contributed by atoms with Crippen molar-refractivity contribution in [3.8, 4) is 0 Å². The summed E-state index contributed by atoms with van der Waals surface area (Å²) in [6.45, 7) is 0.936. The Kier molecular flexibility index (Phi) is 2.21. The van der Waals surface area contributed by atoms with Gasteiger partial charge in [-0.3, -0.25) is 0 Å². The maximum atomic E-state index is 12.5. The molecule has 0 fully saturated rings. The van der Waals surface area contributed by atoms with Crippen molar-refractivity contribution in [3.63, 3.8) is 0 Å². The second-order valence-electron chi connectivity index (χ2n) is 2.51. The highest BCUT2D eigenvalue weighted by atomic mass is 19.2. The first-order chi connectivity index (χ1) is 5.46. The molecule has 0 nitrogen and oxygen atoms in total. The van der Waals surface area contributed by atoms with Gasteiger partial charge in [0.05, 0.1) is 0 Å². The molecule has 12 heavy (non-hydrogen) atoms. The summed E-state index contributed by atoms with van der Waals surface area (Å²) in [6, 6.07) is 0. The summed E-state index contributed by atoms with van der Waals surface area (Å²) >= 11 is 0. The highest BCUT2D eigenvalue weighted by molar-refractivity contribution is 5.33. The van der Waals surface area contributed by atoms with Crippen molar-refractivity contribution in [2.24, 2.45) is 5.92 Å². The van der Waals surface area contributed by atoms with Gasteiger partial charge in [0.15, 0.2) is 23.7 Å². The summed E-state index contributed by atoms with van der Waals surface area (Å²) < 4.78 is 61.9. The van der Waals surface area contributed by atoms with Crippen LogP contribution in [0, 0.1) is 5.92 Å². The number of alkyl halides is 1. The molecule has 0 bridgehead atoms. The van der Waals surface area contributed by atoms with Crippen LogP contribution in [0.25, 0.3) is 0 Å². The normalized spacial score (nSPS) is 31.5. The highest BCUT2D eigenvalue weighted by Gasteiger charge is 2.37. The molecule has 1 aliphatic rings. The van der Waals surface area contributed by atoms with Gasteiger partial charge < -0.3 is 0 Å². The van der Waals surface area contributed by atoms with E-state index in [0.29, 0.717) is 0 Å². The SMILES string of the molecule is CC1C(F)=C(F)C(F)=C(F)C1F. The Morgan fingerprint density at radius 2 is 1.33 bits per heavy atom. The van der Waals surface area contributed by atoms with E-state index in [9.17, 15) is 22.0 Å². The van der Waals surface area contributed by atoms with Crippen molar-refractivity contribution in [1.29, 1.82) is 0 Å². The van der Waals surface area contributed by atoms with E-state index in [-0.39, 0.29) is 0 Å². The maximum Gasteiger partial charge on any atom is 0.195 e. The van der Waals surface area contributed by atoms with Crippen LogP contribution < -0.4 is 0 Å². The van der Waals surface area contributed by atoms with Crippen molar-refractivity contribution in [3.05, 3.63) is 23.3 Å². The molecule has 0 aromatic heterocycles. The predicted molar refractivity (Wildman–Crippen MR) is 32.5 cm³/mol. The Balaban J connectivity index is 3.18. The third-order valence-corrected chi connectivity index (χ3v) is 1.69. The molecular formula is C7H5F5. The van der Waals surface area contributed by atoms with E-state index in [1.165, 1.54) is 0 Å². The predicted octanol–water partition coefficient (Wildman–Crippen LogP) is 3.28. The van der Waals surface area contributed by atoms with Gasteiger partial charge in [-0.2, -0.15) is 0 Å². The summed E-state index contributed by atoms with van der Waals surface area (Å²) in [5.74, 6) is -9.06. The van der Waals surface area contributed by atoms with Crippen molar-refractivity contribution >= 4 is 0 Å². The molecule has 0 heterocycles. The Bertz CT molecular complexity index is 237. The van der Waals surface area contributed by atoms with E-state index in [2.05, 4.69) is 0 Å². The van der Waals surface area contributed by atoms with Crippen LogP contribution in [0.2, 0.25) is 0 Å². The van der Waals surface area contributed by atoms with Crippen LogP contribution in [0.5, 0.6) is 0 Å². The lowest BCUT2D eigenvalue weighted by atomic mass is 9.97. The molecule has 1 rings (SSSR count). The molecule has 0 aromatic carbocycles. The van der Waals surface area contributed by atoms with E-state index in [1.54, 1.807) is 0 Å². The second kappa shape index (κ2) is 2.88. The summed E-state index contributed by atoms with van der Waals surface area (Å²) in [5.41, 5.74) is 0. The molecule has 0 radical (unpaired) electrons. The number of halogens is 5. The largest absolute Gasteiger partial charge is 0.239 e. The van der Waals surface area contributed by atoms with Crippen LogP contribution in [0.3, 0.4) is 0 Å². The molecular weight excluding hydrogens is 179 g/mol. The number of hydrogen-bond acceptors (Lipinski definition) is 0. The van der Waals surface area contributed by atoms with E-state index in [0.717, 1.165) is 6.92 Å². The lowest BCUT2D eigenvalue weighted by Crippen LogP contribution is -2.20. The topological polar surface area (TPSA) is 0 Å². The van der Waals surface area contributed by atoms with Gasteiger partial charge >= 0.3 is 0 Å². The fraction of sp³-hybridized carbons (Fsp3) is 0.429. The van der Waals surface area contributed by atoms with E-state index in [1.807, 2.05) is 0 Å². The molecule has 0 saturated carbocycles. The van der Waals surface area contributed by atoms with Crippen LogP contribution in [0.1, 0.15) is 6.92 Å². The zero-order valence-electron chi connectivity index (χ0n) is 6.04. The van der Waals surface area contributed by atoms with Gasteiger partial charge in [0.25, 0.3) is 0 Å². The Labute approximate surface area is 65.4 Å². The minimum absolute atomic E-state index is 0.936. The molecule has 2 atom stereocenters. The zero-order valence-corrected chi connectivity index (χ0v) is 6.04. The first kappa shape index (κ1) is 9.22. The van der Waals surface area contributed by atoms with E-state index >= 15 is 0 Å². The lowest BCUT2D eigenvalue weighted by Gasteiger charge is -2.18. The van der Waals surface area contributed by atoms with Crippen molar-refractivity contribution in [1.82, 2.24) is 0 Å². The standard InChI is InChI=1S/C7H5F5/c1-2-3(8)5(10)7(12)6(11)4(2)9/h2-3H,1H3. The highest BCUT2D eigenvalue weighted by Crippen LogP contribution is 2.38. The molecule has 2 unspecified atom stereocenters. The molecule has 5 heteroatoms. The number of hydrogen-bond donors (Lipinski definition) is 0. The van der Waals surface area contributed by atoms with Gasteiger partial charge in [0.2, 0.25) is 0 Å². The van der Waals surface area contributed by atoms with Gasteiger partial charge in [0, 0.05) is 5.92 Å². The van der Waals surface area contributed by atoms with E-state index < -0.39 is 35.4 Å². The fourth-order valence-electron chi connectivity index (χ4n) is 0.879. The van der Waals surface area contributed by atoms with Crippen molar-refractivity contribution < 1.29 is 22.0 Å². The number of allylic oxidation sites excluding steroid dienone is 4. The van der Waals surface area contributed by atoms with Gasteiger partial charge in [-0.05, 0) is 0 Å². The molecule has 0 aromatic rings. The number of rotatable bonds is 0. The van der Waals surface area contributed by atoms with Gasteiger partial charge in [0.1, 0.15) is 5.83 Å². The minimum Gasteiger partial charge on any atom is -0.239 e. The average molecular weight is 184 g/mol. The van der Waals surface area contributed by atoms with Crippen molar-refractivity contribution in [2.75, 3.05) is 0 Å². The molecule has 1 aliphatic carbocycles. The smallest absolute Gasteiger partial charge is 0.195 e. The third-order valence-electron chi connectivity index (χ3n) is 1.69. The second-order valence-corrected chi connectivity index (χ2v) is 2.51. The molecule has 0 saturated heterocycles. The monoisotopic (exact) mass is 184 g/mol. The molecule has 0 spiro atoms. The summed E-state index contributed by atoms with van der Waals surface area (Å²) in [6.07, 6.45) is -2.43. The Morgan fingerprint density at radius 1 is 0.917 bits per heavy atom. The average Bonchev–Trinajstić information content (AvgIpc) is 2.08. The van der Waals surface area contributed by atoms with Crippen LogP contribution in [-0.4, -0.2) is 6.17 Å². The molecule has 0 N–H and O–H groups in total. The van der Waals surface area contributed by atoms with Crippen LogP contribution in [0.4, 0.5) is 22.0 Å². The van der Waals surface area contributed by atoms with Crippen LogP contribution >= 0.6 is 0 Å². The summed E-state index contributed by atoms with van der Waals surface area (Å²) in [7, 11) is 0. The molecule has 0 aliphatic heterocycles. The quantitative estimate of drug-likeness (QED) is 0.507. The first-order valence-corrected chi connectivity index (χ1v) is 3.21. The minimum atomic E-state index is -2.43. The van der Waals surface area contributed by atoms with Gasteiger partial charge in [-0.15, -0.1) is 0 Å². The summed E-state index contributed by atoms with van der Waals surface area (Å²) in [5, 5.41) is 0. The third kappa shape index (κ3) is 1.13. The molecule has 68 valence electrons. The van der Waals surface area contributed by atoms with Gasteiger partial charge in [-0.25, -0.2) is 22.0 Å². The zero-order chi connectivity index (χ0) is 9.46. The van der Waals surface area contributed by atoms with Crippen molar-refractivity contribution in [2.45, 2.75) is 13.1 Å². The summed E-state index contributed by atoms with van der Waals surface area (Å²) in [4.78, 5) is 0. The van der Waals surface area contributed by atoms with Crippen LogP contribution in [-0.2, 0) is 0 Å². The van der Waals surface area contributed by atoms with Gasteiger partial charge in [-0.1, -0.05) is 6.92 Å². The molecule has 0 amide bonds. The Morgan fingerprint density at radius 3 is 1.83 bits per heavy atom. The Hall–Kier alpha value is -0.870.